The molecule has 2 rings (SSSR count). The van der Waals surface area contributed by atoms with Crippen molar-refractivity contribution in [1.29, 1.82) is 0 Å². The average Bonchev–Trinajstić information content (AvgIpc) is 2.38. The van der Waals surface area contributed by atoms with Crippen LogP contribution in [-0.4, -0.2) is 13.3 Å². The van der Waals surface area contributed by atoms with Crippen LogP contribution >= 0.6 is 33.3 Å². The molecule has 0 aliphatic rings. The van der Waals surface area contributed by atoms with Gasteiger partial charge in [0, 0.05) is 15.5 Å². The molecule has 0 heterocycles. The first kappa shape index (κ1) is 19.3. The predicted molar refractivity (Wildman–Crippen MR) is 94.4 cm³/mol. The van der Waals surface area contributed by atoms with Gasteiger partial charge in [-0.15, -0.1) is 0 Å². The van der Waals surface area contributed by atoms with Crippen LogP contribution < -0.4 is 10.6 Å². The Morgan fingerprint density at radius 1 is 0.958 bits per heavy atom. The van der Waals surface area contributed by atoms with Crippen molar-refractivity contribution < 1.29 is 24.0 Å². The van der Waals surface area contributed by atoms with Crippen LogP contribution in [0.4, 0.5) is 30.8 Å². The van der Waals surface area contributed by atoms with Gasteiger partial charge in [-0.25, -0.2) is 0 Å². The molecule has 0 aliphatic heterocycles. The minimum absolute atomic E-state index is 0.213. The van der Waals surface area contributed by atoms with Crippen LogP contribution in [0.15, 0.2) is 51.8 Å². The molecule has 0 amide bonds. The van der Waals surface area contributed by atoms with Crippen LogP contribution in [0.3, 0.4) is 0 Å². The summed E-state index contributed by atoms with van der Waals surface area (Å²) in [5.41, 5.74) is 0.720. The fourth-order valence-corrected chi connectivity index (χ4v) is 4.07. The molecule has 2 nitrogen and oxygen atoms in total. The van der Waals surface area contributed by atoms with E-state index >= 15 is 0 Å². The number of benzene rings is 2. The van der Waals surface area contributed by atoms with Crippen LogP contribution in [0.5, 0.6) is 0 Å². The monoisotopic (exact) mass is 449 g/mol. The van der Waals surface area contributed by atoms with Gasteiger partial charge in [0.25, 0.3) is 0 Å². The Balaban J connectivity index is 2.29. The van der Waals surface area contributed by atoms with Gasteiger partial charge in [-0.05, 0) is 71.7 Å². The summed E-state index contributed by atoms with van der Waals surface area (Å²) in [5, 5.41) is 3.45. The van der Waals surface area contributed by atoms with Crippen molar-refractivity contribution in [3.63, 3.8) is 0 Å². The average molecular weight is 450 g/mol. The van der Waals surface area contributed by atoms with E-state index in [1.54, 1.807) is 31.5 Å². The highest BCUT2D eigenvalue weighted by molar-refractivity contribution is 9.10. The lowest BCUT2D eigenvalue weighted by molar-refractivity contribution is 0.364. The van der Waals surface area contributed by atoms with Gasteiger partial charge in [0.05, 0.1) is 5.69 Å². The molecule has 0 atom stereocenters. The molecule has 0 bridgehead atoms. The largest absolute Gasteiger partial charge is 0.355 e. The molecule has 0 saturated heterocycles. The van der Waals surface area contributed by atoms with Gasteiger partial charge >= 0.3 is 10.2 Å². The van der Waals surface area contributed by atoms with Crippen molar-refractivity contribution in [3.05, 3.63) is 46.9 Å². The van der Waals surface area contributed by atoms with Crippen molar-refractivity contribution in [2.75, 3.05) is 18.6 Å². The van der Waals surface area contributed by atoms with Crippen molar-refractivity contribution in [2.24, 2.45) is 0 Å². The zero-order valence-corrected chi connectivity index (χ0v) is 15.9. The normalized spacial score (nSPS) is 15.5. The first-order valence-electron chi connectivity index (χ1n) is 6.52. The van der Waals surface area contributed by atoms with Crippen molar-refractivity contribution in [3.8, 4) is 0 Å². The molecule has 2 aromatic rings. The van der Waals surface area contributed by atoms with Crippen LogP contribution in [0.25, 0.3) is 0 Å². The van der Waals surface area contributed by atoms with Gasteiger partial charge in [0.2, 0.25) is 0 Å². The zero-order chi connectivity index (χ0) is 18.5. The van der Waals surface area contributed by atoms with E-state index in [4.69, 9.17) is 0 Å². The fraction of sp³-hybridized carbons (Fsp3) is 0.143. The van der Waals surface area contributed by atoms with Crippen LogP contribution in [-0.2, 0) is 4.57 Å². The number of halogens is 6. The third-order valence-corrected chi connectivity index (χ3v) is 6.49. The molecule has 0 fully saturated rings. The molecule has 0 aromatic heterocycles. The van der Waals surface area contributed by atoms with Crippen LogP contribution in [0, 0.1) is 0 Å². The summed E-state index contributed by atoms with van der Waals surface area (Å²) in [5.74, 6) is 0. The number of rotatable bonds is 4. The Morgan fingerprint density at radius 2 is 1.50 bits per heavy atom. The van der Waals surface area contributed by atoms with Gasteiger partial charge in [-0.2, -0.15) is 0 Å². The SMILES string of the molecule is CP(C)(=O)c1ccc(Nc2ccc(S(F)(F)(F)(F)F)cc2)c(Br)c1. The maximum atomic E-state index is 12.7. The van der Waals surface area contributed by atoms with E-state index in [1.807, 2.05) is 0 Å². The van der Waals surface area contributed by atoms with E-state index in [9.17, 15) is 24.0 Å². The second-order valence-corrected chi connectivity index (χ2v) is 12.1. The minimum atomic E-state index is -9.66. The molecule has 0 spiro atoms. The van der Waals surface area contributed by atoms with Gasteiger partial charge in [-0.1, -0.05) is 19.4 Å². The van der Waals surface area contributed by atoms with E-state index in [1.165, 1.54) is 0 Å². The van der Waals surface area contributed by atoms with Crippen molar-refractivity contribution >= 4 is 50.0 Å². The maximum Gasteiger partial charge on any atom is 0.310 e. The summed E-state index contributed by atoms with van der Waals surface area (Å²) < 4.78 is 75.9. The maximum absolute atomic E-state index is 12.7. The van der Waals surface area contributed by atoms with Gasteiger partial charge in [0.15, 0.2) is 0 Å². The third kappa shape index (κ3) is 4.74. The lowest BCUT2D eigenvalue weighted by atomic mass is 10.2. The highest BCUT2D eigenvalue weighted by Crippen LogP contribution is 3.02. The Hall–Kier alpha value is -1.05. The number of hydrogen-bond donors (Lipinski definition) is 1. The number of hydrogen-bond acceptors (Lipinski definition) is 2. The molecule has 1 N–H and O–H groups in total. The smallest absolute Gasteiger partial charge is 0.310 e. The second kappa shape index (κ2) is 5.22. The summed E-state index contributed by atoms with van der Waals surface area (Å²) in [6.07, 6.45) is 0. The molecular weight excluding hydrogens is 436 g/mol. The Kier molecular flexibility index (Phi) is 4.19. The summed E-state index contributed by atoms with van der Waals surface area (Å²) >= 11 is 3.28. The number of anilines is 2. The summed E-state index contributed by atoms with van der Waals surface area (Å²) in [4.78, 5) is -1.94. The van der Waals surface area contributed by atoms with Gasteiger partial charge < -0.3 is 9.88 Å². The fourth-order valence-electron chi connectivity index (χ4n) is 1.89. The molecule has 0 saturated carbocycles. The highest BCUT2D eigenvalue weighted by atomic mass is 79.9. The van der Waals surface area contributed by atoms with E-state index in [0.717, 1.165) is 12.1 Å². The van der Waals surface area contributed by atoms with E-state index < -0.39 is 22.3 Å². The quantitative estimate of drug-likeness (QED) is 0.398. The Bertz CT molecular complexity index is 833. The second-order valence-electron chi connectivity index (χ2n) is 5.63. The van der Waals surface area contributed by atoms with E-state index in [2.05, 4.69) is 21.2 Å². The molecule has 0 unspecified atom stereocenters. The Morgan fingerprint density at radius 3 is 1.92 bits per heavy atom. The lowest BCUT2D eigenvalue weighted by Gasteiger charge is -2.40. The summed E-state index contributed by atoms with van der Waals surface area (Å²) in [7, 11) is -12.1. The summed E-state index contributed by atoms with van der Waals surface area (Å²) in [6.45, 7) is 3.22. The van der Waals surface area contributed by atoms with Crippen LogP contribution in [0.2, 0.25) is 0 Å². The zero-order valence-electron chi connectivity index (χ0n) is 12.6. The van der Waals surface area contributed by atoms with Crippen LogP contribution in [0.1, 0.15) is 0 Å². The number of nitrogens with one attached hydrogen (secondary N) is 1. The Labute approximate surface area is 144 Å². The predicted octanol–water partition coefficient (Wildman–Crippen LogP) is 7.10. The first-order valence-corrected chi connectivity index (χ1v) is 11.9. The molecule has 0 radical (unpaired) electrons. The third-order valence-electron chi connectivity index (χ3n) is 3.15. The molecule has 2 aromatic carbocycles. The molecule has 0 aliphatic carbocycles. The summed E-state index contributed by atoms with van der Waals surface area (Å²) in [6, 6.07) is 7.44. The minimum Gasteiger partial charge on any atom is -0.355 e. The van der Waals surface area contributed by atoms with Crippen molar-refractivity contribution in [2.45, 2.75) is 4.90 Å². The standard InChI is InChI=1S/C14H14BrF5NOPS/c1-23(2,22)11-5-8-14(13(15)9-11)21-10-3-6-12(7-4-10)24(16,17,18,19)20/h3-9,21H,1-2H3. The molecule has 10 heteroatoms. The topological polar surface area (TPSA) is 29.1 Å². The molecule has 134 valence electrons. The molecule has 24 heavy (non-hydrogen) atoms. The first-order chi connectivity index (χ1) is 10.6. The van der Waals surface area contributed by atoms with Gasteiger partial charge in [-0.3, -0.25) is 0 Å². The lowest BCUT2D eigenvalue weighted by Crippen LogP contribution is -2.06. The highest BCUT2D eigenvalue weighted by Gasteiger charge is 2.65. The van der Waals surface area contributed by atoms with Gasteiger partial charge in [0.1, 0.15) is 12.0 Å². The molecular formula is C14H14BrF5NOPS. The van der Waals surface area contributed by atoms with E-state index in [-0.39, 0.29) is 5.69 Å². The van der Waals surface area contributed by atoms with E-state index in [0.29, 0.717) is 27.6 Å². The van der Waals surface area contributed by atoms with Crippen molar-refractivity contribution in [1.82, 2.24) is 0 Å².